The first-order chi connectivity index (χ1) is 53.1. The topological polar surface area (TPSA) is 380 Å². The molecule has 114 heavy (non-hydrogen) atoms. The lowest BCUT2D eigenvalue weighted by molar-refractivity contribution is -0.152. The number of anilines is 2. The number of alkyl halides is 3. The number of benzene rings is 2. The molecule has 1 aliphatic rings. The highest BCUT2D eigenvalue weighted by molar-refractivity contribution is 6.31. The van der Waals surface area contributed by atoms with Crippen molar-refractivity contribution in [2.75, 3.05) is 92.7 Å². The van der Waals surface area contributed by atoms with Crippen molar-refractivity contribution in [1.82, 2.24) is 71.2 Å². The first kappa shape index (κ1) is 96.2. The number of hydrogen-bond donors (Lipinski definition) is 8. The van der Waals surface area contributed by atoms with Gasteiger partial charge in [-0.15, -0.1) is 0 Å². The molecule has 2 heterocycles. The number of pyridine rings is 1. The van der Waals surface area contributed by atoms with Gasteiger partial charge in [0.1, 0.15) is 65.5 Å². The van der Waals surface area contributed by atoms with Crippen LogP contribution in [0.15, 0.2) is 60.8 Å². The van der Waals surface area contributed by atoms with Gasteiger partial charge in [0.25, 0.3) is 5.91 Å². The van der Waals surface area contributed by atoms with Crippen LogP contribution in [0.4, 0.5) is 29.3 Å². The summed E-state index contributed by atoms with van der Waals surface area (Å²) < 4.78 is 45.9. The molecule has 1 saturated heterocycles. The Bertz CT molecular complexity index is 3870. The number of urea groups is 1. The van der Waals surface area contributed by atoms with Crippen LogP contribution < -0.4 is 47.3 Å². The summed E-state index contributed by atoms with van der Waals surface area (Å²) >= 11 is 5.69. The molecule has 0 radical (unpaired) electrons. The van der Waals surface area contributed by atoms with E-state index in [1.165, 1.54) is 131 Å². The Morgan fingerprint density at radius 2 is 1.01 bits per heavy atom. The molecule has 4 rings (SSSR count). The maximum Gasteiger partial charge on any atom is 0.417 e. The molecular weight excluding hydrogens is 1510 g/mol. The molecule has 15 amide bonds. The van der Waals surface area contributed by atoms with Crippen LogP contribution in [0.2, 0.25) is 5.02 Å². The Hall–Kier alpha value is -10.2. The van der Waals surface area contributed by atoms with E-state index in [2.05, 4.69) is 47.5 Å². The zero-order valence-electron chi connectivity index (χ0n) is 69.3. The minimum atomic E-state index is -4.74. The van der Waals surface area contributed by atoms with E-state index in [-0.39, 0.29) is 110 Å². The predicted octanol–water partition coefficient (Wildman–Crippen LogP) is 6.75. The summed E-state index contributed by atoms with van der Waals surface area (Å²) in [6, 6.07) is 1.25. The van der Waals surface area contributed by atoms with Gasteiger partial charge in [0.05, 0.1) is 30.2 Å². The van der Waals surface area contributed by atoms with Crippen molar-refractivity contribution in [2.24, 2.45) is 35.5 Å². The van der Waals surface area contributed by atoms with Crippen molar-refractivity contribution in [3.8, 4) is 11.5 Å². The summed E-state index contributed by atoms with van der Waals surface area (Å²) in [7, 11) is 9.70. The van der Waals surface area contributed by atoms with Crippen molar-refractivity contribution in [1.29, 1.82) is 0 Å². The minimum Gasteiger partial charge on any atom is -0.457 e. The normalized spacial score (nSPS) is 21.2. The van der Waals surface area contributed by atoms with Crippen molar-refractivity contribution >= 4 is 106 Å². The quantitative estimate of drug-likeness (QED) is 0.0455. The van der Waals surface area contributed by atoms with Gasteiger partial charge in [-0.25, -0.2) is 4.79 Å². The zero-order valence-corrected chi connectivity index (χ0v) is 70.0. The smallest absolute Gasteiger partial charge is 0.417 e. The average Bonchev–Trinajstić information content (AvgIpc) is 0.824. The van der Waals surface area contributed by atoms with Gasteiger partial charge in [-0.05, 0) is 136 Å². The third-order valence-corrected chi connectivity index (χ3v) is 19.7. The first-order valence-corrected chi connectivity index (χ1v) is 38.7. The van der Waals surface area contributed by atoms with Gasteiger partial charge in [0.15, 0.2) is 0 Å². The predicted molar refractivity (Wildman–Crippen MR) is 424 cm³/mol. The second-order valence-corrected chi connectivity index (χ2v) is 31.8. The minimum absolute atomic E-state index is 0.00287. The molecule has 1 unspecified atom stereocenters. The van der Waals surface area contributed by atoms with E-state index in [1.807, 2.05) is 55.4 Å². The molecule has 1 fully saturated rings. The van der Waals surface area contributed by atoms with Gasteiger partial charge >= 0.3 is 12.2 Å². The number of nitrogens with one attached hydrogen (secondary N) is 8. The maximum atomic E-state index is 14.9. The molecule has 35 heteroatoms. The van der Waals surface area contributed by atoms with E-state index in [4.69, 9.17) is 16.3 Å². The van der Waals surface area contributed by atoms with Gasteiger partial charge in [-0.3, -0.25) is 67.3 Å². The van der Waals surface area contributed by atoms with Gasteiger partial charge in [0, 0.05) is 92.5 Å². The van der Waals surface area contributed by atoms with E-state index in [0.717, 1.165) is 20.8 Å². The molecule has 31 nitrogen and oxygen atoms in total. The van der Waals surface area contributed by atoms with Crippen molar-refractivity contribution < 1.29 is 85.0 Å². The Morgan fingerprint density at radius 3 is 1.57 bits per heavy atom. The van der Waals surface area contributed by atoms with Gasteiger partial charge in [0.2, 0.25) is 70.9 Å². The van der Waals surface area contributed by atoms with Crippen LogP contribution in [0, 0.1) is 35.5 Å². The summed E-state index contributed by atoms with van der Waals surface area (Å²) in [5.74, 6) is -9.67. The molecule has 0 spiro atoms. The lowest BCUT2D eigenvalue weighted by Gasteiger charge is -2.38. The van der Waals surface area contributed by atoms with Gasteiger partial charge in [-0.1, -0.05) is 94.2 Å². The highest BCUT2D eigenvalue weighted by Gasteiger charge is 2.42. The second kappa shape index (κ2) is 44.5. The Kier molecular flexibility index (Phi) is 37.6. The van der Waals surface area contributed by atoms with Crippen LogP contribution in [0.5, 0.6) is 11.5 Å². The fourth-order valence-corrected chi connectivity index (χ4v) is 12.9. The molecule has 9 atom stereocenters. The van der Waals surface area contributed by atoms with Crippen LogP contribution in [0.25, 0.3) is 0 Å². The van der Waals surface area contributed by atoms with E-state index >= 15 is 0 Å². The number of ether oxygens (including phenoxy) is 1. The Balaban J connectivity index is 1.55. The van der Waals surface area contributed by atoms with Gasteiger partial charge in [-0.2, -0.15) is 13.2 Å². The number of carbonyl (C=O) groups excluding carboxylic acids is 14. The fraction of sp³-hybridized carbons (Fsp3) is 0.608. The number of likely N-dealkylation sites (N-methyl/N-ethyl adjacent to an activating group) is 7. The highest BCUT2D eigenvalue weighted by Crippen LogP contribution is 2.36. The average molecular weight is 1620 g/mol. The van der Waals surface area contributed by atoms with Crippen molar-refractivity contribution in [3.05, 3.63) is 77.1 Å². The van der Waals surface area contributed by atoms with E-state index in [9.17, 15) is 80.3 Å². The lowest BCUT2D eigenvalue weighted by Crippen LogP contribution is -2.60. The number of carbonyl (C=O) groups is 14. The summed E-state index contributed by atoms with van der Waals surface area (Å²) in [5.41, 5.74) is -1.00. The lowest BCUT2D eigenvalue weighted by atomic mass is 9.94. The third-order valence-electron chi connectivity index (χ3n) is 19.4. The Labute approximate surface area is 671 Å². The van der Waals surface area contributed by atoms with E-state index in [0.29, 0.717) is 24.7 Å². The number of hydrogen-bond acceptors (Lipinski definition) is 16. The summed E-state index contributed by atoms with van der Waals surface area (Å²) in [5, 5.41) is 20.5. The molecule has 1 aromatic heterocycles. The van der Waals surface area contributed by atoms with Crippen LogP contribution >= 0.6 is 11.6 Å². The SMILES string of the molecule is CC(C)C[C@H]1C(=O)NC(C(C)C)C(=O)N(C)[C@@H](CC(C)C)C(=O)N[C@@H](C)C(=O)N[C@H](C)C(=O)N(C)[C@@H](CC(C)C)C(=O)N(C)[C@@H](CC(C)C)C(=O)N(C)CC(=O)N(C)[C@@H](C[C@H](C)CCCC(=O)NCCNC(=O)c2cc(Oc3ccc(NC(=O)Nc4ccc(Cl)c(C(F)(F)F)c4)cc3)ccn2)C(=O)NCC(=O)N(C)CC(=O)N1C. The number of halogens is 4. The molecule has 0 aliphatic carbocycles. The largest absolute Gasteiger partial charge is 0.457 e. The monoisotopic (exact) mass is 1620 g/mol. The number of amides is 15. The van der Waals surface area contributed by atoms with Crippen LogP contribution in [-0.2, 0) is 63.7 Å². The number of aromatic nitrogens is 1. The first-order valence-electron chi connectivity index (χ1n) is 38.4. The summed E-state index contributed by atoms with van der Waals surface area (Å²) in [6.45, 7) is 21.0. The molecule has 0 saturated carbocycles. The van der Waals surface area contributed by atoms with Crippen LogP contribution in [0.1, 0.15) is 157 Å². The van der Waals surface area contributed by atoms with Crippen LogP contribution in [0.3, 0.4) is 0 Å². The molecule has 632 valence electrons. The second-order valence-electron chi connectivity index (χ2n) is 31.4. The molecular formula is C79H118ClF3N16O15. The number of nitrogens with zero attached hydrogens (tertiary/aromatic N) is 8. The van der Waals surface area contributed by atoms with E-state index in [1.54, 1.807) is 20.8 Å². The molecule has 3 aromatic rings. The zero-order chi connectivity index (χ0) is 86.1. The Morgan fingerprint density at radius 1 is 0.526 bits per heavy atom. The molecule has 0 bridgehead atoms. The van der Waals surface area contributed by atoms with Crippen molar-refractivity contribution in [2.45, 2.75) is 196 Å². The highest BCUT2D eigenvalue weighted by atomic mass is 35.5. The van der Waals surface area contributed by atoms with Gasteiger partial charge < -0.3 is 81.6 Å². The third kappa shape index (κ3) is 29.7. The molecule has 2 aromatic carbocycles. The maximum absolute atomic E-state index is 14.9. The van der Waals surface area contributed by atoms with Crippen LogP contribution in [-0.4, -0.2) is 253 Å². The fourth-order valence-electron chi connectivity index (χ4n) is 12.7. The van der Waals surface area contributed by atoms with Crippen molar-refractivity contribution in [3.63, 3.8) is 0 Å². The number of rotatable bonds is 23. The standard InChI is InChI=1S/C79H118ClF3N16O15/c1-44(2)34-59-73(108)92-68(48(9)10)77(112)97(18)60(35-45(3)4)72(107)88-50(12)69(104)89-51(13)74(109)98(19)63(37-47(7)8)76(111)99(20)62(36-46(5)6)75(110)94(15)43-67(103)96(17)61(71(106)87-41-65(101)93(14)42-66(102)95(59)16)38-49(11)22-21-23-64(100)85-32-33-86-70(105)58-40-55(30-31-84-58)114-54-27-24-52(25-28-54)90-78(113)91-53-26-29-57(80)56(39-53)79(81,82)83/h24-31,39-40,44-51,59-63,68H,21-23,32-38,41-43H2,1-20H3,(H,85,100)(H,86,105)(H,87,106)(H,88,107)(H,89,104)(H,92,108)(H2,90,91,113)/t49-,50+,51-,59+,60+,61+,62+,63+,68?/m1/s1. The summed E-state index contributed by atoms with van der Waals surface area (Å²) in [4.78, 5) is 210. The molecule has 8 N–H and O–H groups in total. The van der Waals surface area contributed by atoms with E-state index < -0.39 is 168 Å². The molecule has 1 aliphatic heterocycles. The summed E-state index contributed by atoms with van der Waals surface area (Å²) in [6.07, 6.45) is -2.25.